The van der Waals surface area contributed by atoms with Crippen molar-refractivity contribution in [3.05, 3.63) is 0 Å². The number of hydrogen-bond donors (Lipinski definition) is 0. The molecule has 0 spiro atoms. The Balaban J connectivity index is 2.87. The molecule has 2 atom stereocenters. The van der Waals surface area contributed by atoms with Crippen molar-refractivity contribution in [1.29, 1.82) is 0 Å². The molecule has 0 saturated carbocycles. The Morgan fingerprint density at radius 2 is 1.50 bits per heavy atom. The van der Waals surface area contributed by atoms with Gasteiger partial charge >= 0.3 is 138 Å². The van der Waals surface area contributed by atoms with Crippen molar-refractivity contribution in [1.82, 2.24) is 0 Å². The van der Waals surface area contributed by atoms with E-state index in [1.165, 1.54) is 64.0 Å². The van der Waals surface area contributed by atoms with Crippen LogP contribution in [0.25, 0.3) is 0 Å². The van der Waals surface area contributed by atoms with Gasteiger partial charge in [0, 0.05) is 0 Å². The molecule has 1 fully saturated rings. The summed E-state index contributed by atoms with van der Waals surface area (Å²) in [4.78, 5) is 0. The Morgan fingerprint density at radius 1 is 1.00 bits per heavy atom. The first kappa shape index (κ1) is 19.3. The molecule has 0 bridgehead atoms. The number of unbranched alkanes of at least 4 members (excludes halogenated alkanes) is 3. The molecule has 1 nitrogen and oxygen atoms in total. The van der Waals surface area contributed by atoms with Gasteiger partial charge in [0.15, 0.2) is 0 Å². The quantitative estimate of drug-likeness (QED) is 0.425. The van der Waals surface area contributed by atoms with Gasteiger partial charge in [0.1, 0.15) is 0 Å². The van der Waals surface area contributed by atoms with E-state index in [1.807, 2.05) is 0 Å². The van der Waals surface area contributed by atoms with Crippen LogP contribution in [0.2, 0.25) is 13.3 Å². The predicted octanol–water partition coefficient (Wildman–Crippen LogP) is 5.59. The Labute approximate surface area is 137 Å². The second-order valence-electron chi connectivity index (χ2n) is 6.31. The van der Waals surface area contributed by atoms with E-state index in [2.05, 4.69) is 32.5 Å². The van der Waals surface area contributed by atoms with Crippen molar-refractivity contribution < 1.29 is 4.21 Å². The van der Waals surface area contributed by atoms with Gasteiger partial charge in [0.05, 0.1) is 0 Å². The molecule has 0 aromatic heterocycles. The van der Waals surface area contributed by atoms with E-state index < -0.39 is 29.2 Å². The van der Waals surface area contributed by atoms with Crippen LogP contribution in [-0.2, 0) is 10.8 Å². The van der Waals surface area contributed by atoms with Crippen LogP contribution in [0.5, 0.6) is 0 Å². The zero-order valence-corrected chi connectivity index (χ0v) is 18.3. The molecule has 1 rings (SSSR count). The van der Waals surface area contributed by atoms with E-state index in [0.717, 1.165) is 5.75 Å². The van der Waals surface area contributed by atoms with E-state index in [9.17, 15) is 4.21 Å². The summed E-state index contributed by atoms with van der Waals surface area (Å²) in [5, 5.41) is 0. The zero-order valence-electron chi connectivity index (χ0n) is 13.8. The summed E-state index contributed by atoms with van der Waals surface area (Å²) in [6.07, 6.45) is 9.35. The second kappa shape index (κ2) is 10.9. The first-order valence-corrected chi connectivity index (χ1v) is 18.8. The fraction of sp³-hybridized carbons (Fsp3) is 1.00. The summed E-state index contributed by atoms with van der Waals surface area (Å²) in [7, 11) is -0.502. The molecule has 1 aliphatic heterocycles. The Morgan fingerprint density at radius 3 is 1.90 bits per heavy atom. The standard InChI is InChI=1S/C4H7OS2.3C4H9.Sn/c5-7-3-1-2-6-4-7;3*1-3-4-2;/h4H,1-3H2;3*1,3-4H2,2H3;/t7-;;;;/m0..../s1. The molecule has 4 heteroatoms. The third-order valence-corrected chi connectivity index (χ3v) is 32.4. The van der Waals surface area contributed by atoms with E-state index in [0.29, 0.717) is 2.60 Å². The summed E-state index contributed by atoms with van der Waals surface area (Å²) in [5.74, 6) is 2.28. The number of rotatable bonds is 10. The topological polar surface area (TPSA) is 17.1 Å². The SMILES string of the molecule is CCC[CH2][Sn]([CH2]CCC)([CH2]CCC)[C@@H]1SCCC[S@@]1=O. The molecule has 0 aromatic rings. The van der Waals surface area contributed by atoms with Gasteiger partial charge in [-0.15, -0.1) is 0 Å². The number of thioether (sulfide) groups is 1. The van der Waals surface area contributed by atoms with Crippen molar-refractivity contribution in [2.75, 3.05) is 11.5 Å². The monoisotopic (exact) mass is 426 g/mol. The van der Waals surface area contributed by atoms with E-state index in [4.69, 9.17) is 0 Å². The fourth-order valence-electron chi connectivity index (χ4n) is 3.35. The van der Waals surface area contributed by atoms with Gasteiger partial charge in [0.2, 0.25) is 0 Å². The molecule has 120 valence electrons. The summed E-state index contributed by atoms with van der Waals surface area (Å²) in [6, 6.07) is 0. The third-order valence-electron chi connectivity index (χ3n) is 4.58. The molecule has 0 aliphatic carbocycles. The Kier molecular flexibility index (Phi) is 10.6. The molecule has 1 heterocycles. The van der Waals surface area contributed by atoms with Crippen molar-refractivity contribution in [3.8, 4) is 0 Å². The van der Waals surface area contributed by atoms with Crippen LogP contribution in [0.15, 0.2) is 0 Å². The summed E-state index contributed by atoms with van der Waals surface area (Å²) < 4.78 is 17.8. The minimum absolute atomic E-state index is 0.502. The van der Waals surface area contributed by atoms with Crippen molar-refractivity contribution in [3.63, 3.8) is 0 Å². The van der Waals surface area contributed by atoms with Gasteiger partial charge in [-0.3, -0.25) is 0 Å². The molecule has 0 N–H and O–H groups in total. The van der Waals surface area contributed by atoms with E-state index in [1.54, 1.807) is 0 Å². The molecule has 1 aliphatic rings. The van der Waals surface area contributed by atoms with Gasteiger partial charge in [0.25, 0.3) is 0 Å². The maximum absolute atomic E-state index is 12.7. The summed E-state index contributed by atoms with van der Waals surface area (Å²) in [6.45, 7) is 6.96. The molecular formula is C16H34OS2Sn. The van der Waals surface area contributed by atoms with Gasteiger partial charge in [-0.1, -0.05) is 0 Å². The predicted molar refractivity (Wildman–Crippen MR) is 98.8 cm³/mol. The van der Waals surface area contributed by atoms with Crippen molar-refractivity contribution in [2.45, 2.75) is 81.6 Å². The first-order chi connectivity index (χ1) is 9.70. The summed E-state index contributed by atoms with van der Waals surface area (Å²) in [5.41, 5.74) is 0. The molecule has 0 unspecified atom stereocenters. The van der Waals surface area contributed by atoms with Crippen molar-refractivity contribution in [2.24, 2.45) is 0 Å². The van der Waals surface area contributed by atoms with Gasteiger partial charge < -0.3 is 0 Å². The fourth-order valence-corrected chi connectivity index (χ4v) is 34.6. The minimum atomic E-state index is -2.24. The normalized spacial score (nSPS) is 23.9. The maximum atomic E-state index is 12.7. The molecule has 0 radical (unpaired) electrons. The van der Waals surface area contributed by atoms with E-state index in [-0.39, 0.29) is 0 Å². The molecule has 20 heavy (non-hydrogen) atoms. The average molecular weight is 425 g/mol. The average Bonchev–Trinajstić information content (AvgIpc) is 2.48. The van der Waals surface area contributed by atoms with Gasteiger partial charge in [-0.2, -0.15) is 0 Å². The molecule has 1 saturated heterocycles. The van der Waals surface area contributed by atoms with Gasteiger partial charge in [-0.25, -0.2) is 0 Å². The van der Waals surface area contributed by atoms with Crippen LogP contribution in [0, 0.1) is 0 Å². The summed E-state index contributed by atoms with van der Waals surface area (Å²) >= 11 is -0.114. The number of hydrogen-bond acceptors (Lipinski definition) is 2. The first-order valence-electron chi connectivity index (χ1n) is 8.69. The molecule has 0 aromatic carbocycles. The van der Waals surface area contributed by atoms with Crippen molar-refractivity contribution >= 4 is 40.9 Å². The van der Waals surface area contributed by atoms with Crippen LogP contribution in [0.1, 0.15) is 65.7 Å². The van der Waals surface area contributed by atoms with E-state index >= 15 is 0 Å². The van der Waals surface area contributed by atoms with Crippen LogP contribution < -0.4 is 0 Å². The zero-order chi connectivity index (χ0) is 14.8. The second-order valence-corrected chi connectivity index (χ2v) is 25.6. The van der Waals surface area contributed by atoms with Crippen LogP contribution >= 0.6 is 11.8 Å². The molecule has 0 amide bonds. The van der Waals surface area contributed by atoms with Crippen LogP contribution in [0.3, 0.4) is 0 Å². The Hall–Kier alpha value is 1.30. The molecular weight excluding hydrogens is 391 g/mol. The van der Waals surface area contributed by atoms with Crippen LogP contribution in [-0.4, -0.2) is 36.7 Å². The van der Waals surface area contributed by atoms with Gasteiger partial charge in [-0.05, 0) is 0 Å². The third kappa shape index (κ3) is 5.83. The Bertz CT molecular complexity index is 262. The van der Waals surface area contributed by atoms with Crippen LogP contribution in [0.4, 0.5) is 0 Å².